The molecule has 5 aromatic rings. The van der Waals surface area contributed by atoms with Crippen LogP contribution in [0.15, 0.2) is 73.4 Å². The summed E-state index contributed by atoms with van der Waals surface area (Å²) in [6.45, 7) is 2.52. The van der Waals surface area contributed by atoms with Crippen LogP contribution in [-0.2, 0) is 5.41 Å². The van der Waals surface area contributed by atoms with Crippen molar-refractivity contribution < 1.29 is 9.53 Å². The number of pyridine rings is 4. The number of amides is 1. The molecule has 0 atom stereocenters. The quantitative estimate of drug-likeness (QED) is 0.356. The van der Waals surface area contributed by atoms with E-state index < -0.39 is 0 Å². The third-order valence-corrected chi connectivity index (χ3v) is 7.48. The highest BCUT2D eigenvalue weighted by Crippen LogP contribution is 2.67. The van der Waals surface area contributed by atoms with Crippen molar-refractivity contribution in [2.75, 3.05) is 6.61 Å². The lowest BCUT2D eigenvalue weighted by atomic mass is 9.39. The lowest BCUT2D eigenvalue weighted by Gasteiger charge is -2.69. The fourth-order valence-electron chi connectivity index (χ4n) is 5.92. The minimum atomic E-state index is -0.256. The number of rotatable bonds is 7. The third kappa shape index (κ3) is 3.44. The lowest BCUT2D eigenvalue weighted by molar-refractivity contribution is -0.0873. The summed E-state index contributed by atoms with van der Waals surface area (Å²) in [6.07, 6.45) is 10.9. The Labute approximate surface area is 218 Å². The molecule has 10 heteroatoms. The molecule has 3 aliphatic rings. The van der Waals surface area contributed by atoms with Gasteiger partial charge in [-0.15, -0.1) is 10.2 Å². The first kappa shape index (κ1) is 22.5. The number of carbonyl (C=O) groups is 1. The number of fused-ring (bicyclic) bond motifs is 1. The van der Waals surface area contributed by atoms with Crippen molar-refractivity contribution in [1.82, 2.24) is 40.0 Å². The number of ether oxygens (including phenoxy) is 1. The second-order valence-electron chi connectivity index (χ2n) is 9.97. The Balaban J connectivity index is 1.17. The molecule has 0 unspecified atom stereocenters. The Hall–Kier alpha value is -4.73. The van der Waals surface area contributed by atoms with Crippen molar-refractivity contribution in [3.8, 4) is 23.0 Å². The van der Waals surface area contributed by atoms with Crippen LogP contribution in [0.3, 0.4) is 0 Å². The van der Waals surface area contributed by atoms with Crippen molar-refractivity contribution in [3.63, 3.8) is 0 Å². The largest absolute Gasteiger partial charge is 0.492 e. The average molecular weight is 505 g/mol. The predicted octanol–water partition coefficient (Wildman–Crippen LogP) is 3.67. The molecule has 3 fully saturated rings. The number of hydrogen-bond acceptors (Lipinski definition) is 8. The number of aromatic nitrogens is 7. The molecule has 5 heterocycles. The smallest absolute Gasteiger partial charge is 0.254 e. The minimum absolute atomic E-state index is 0.126. The SMILES string of the molecule is CCOc1ccc(-c2nnc(C34CC(NC(=O)c5ccnc6cccnc56)(C3)C4)n2-c2ccncc2)nc1. The van der Waals surface area contributed by atoms with Gasteiger partial charge in [0.1, 0.15) is 22.8 Å². The van der Waals surface area contributed by atoms with Crippen LogP contribution in [0.2, 0.25) is 0 Å². The zero-order chi connectivity index (χ0) is 25.7. The molecule has 10 nitrogen and oxygen atoms in total. The van der Waals surface area contributed by atoms with Gasteiger partial charge in [0.2, 0.25) is 0 Å². The molecular formula is C28H24N8O2. The van der Waals surface area contributed by atoms with E-state index in [1.807, 2.05) is 43.3 Å². The predicted molar refractivity (Wildman–Crippen MR) is 139 cm³/mol. The van der Waals surface area contributed by atoms with Crippen molar-refractivity contribution in [2.45, 2.75) is 37.1 Å². The van der Waals surface area contributed by atoms with E-state index in [0.29, 0.717) is 40.5 Å². The number of nitrogens with zero attached hydrogens (tertiary/aromatic N) is 7. The molecule has 0 radical (unpaired) electrons. The summed E-state index contributed by atoms with van der Waals surface area (Å²) < 4.78 is 7.61. The van der Waals surface area contributed by atoms with Gasteiger partial charge in [-0.25, -0.2) is 4.98 Å². The van der Waals surface area contributed by atoms with Crippen LogP contribution >= 0.6 is 0 Å². The van der Waals surface area contributed by atoms with Crippen LogP contribution in [0.25, 0.3) is 28.2 Å². The number of nitrogens with one attached hydrogen (secondary N) is 1. The van der Waals surface area contributed by atoms with Crippen LogP contribution in [-0.4, -0.2) is 52.8 Å². The highest BCUT2D eigenvalue weighted by atomic mass is 16.5. The number of hydrogen-bond donors (Lipinski definition) is 1. The van der Waals surface area contributed by atoms with E-state index in [4.69, 9.17) is 4.74 Å². The first-order valence-electron chi connectivity index (χ1n) is 12.6. The second-order valence-corrected chi connectivity index (χ2v) is 9.97. The Bertz CT molecular complexity index is 1640. The van der Waals surface area contributed by atoms with Gasteiger partial charge in [-0.3, -0.25) is 24.3 Å². The topological polar surface area (TPSA) is 121 Å². The van der Waals surface area contributed by atoms with Crippen LogP contribution in [0.1, 0.15) is 42.4 Å². The third-order valence-electron chi connectivity index (χ3n) is 7.48. The molecule has 0 spiro atoms. The van der Waals surface area contributed by atoms with E-state index in [9.17, 15) is 4.79 Å². The van der Waals surface area contributed by atoms with E-state index >= 15 is 0 Å². The van der Waals surface area contributed by atoms with E-state index in [2.05, 4.69) is 40.0 Å². The van der Waals surface area contributed by atoms with Crippen molar-refractivity contribution in [1.29, 1.82) is 0 Å². The van der Waals surface area contributed by atoms with Crippen molar-refractivity contribution >= 4 is 16.9 Å². The van der Waals surface area contributed by atoms with Gasteiger partial charge in [-0.1, -0.05) is 0 Å². The zero-order valence-corrected chi connectivity index (χ0v) is 20.7. The summed E-state index contributed by atoms with van der Waals surface area (Å²) in [4.78, 5) is 30.7. The van der Waals surface area contributed by atoms with Crippen LogP contribution < -0.4 is 10.1 Å². The molecule has 1 N–H and O–H groups in total. The molecule has 0 aromatic carbocycles. The van der Waals surface area contributed by atoms with E-state index in [-0.39, 0.29) is 16.9 Å². The standard InChI is InChI=1S/C28H24N8O2/c1-2-38-19-5-6-22(32-14-19)24-34-35-26(36(24)18-7-11-29-12-8-18)27-15-28(16-27,17-27)33-25(37)20-9-13-30-21-4-3-10-31-23(20)21/h3-14H,2,15-17H2,1H3,(H,33,37). The van der Waals surface area contributed by atoms with Gasteiger partial charge in [0.25, 0.3) is 5.91 Å². The highest BCUT2D eigenvalue weighted by molar-refractivity contribution is 6.04. The summed E-state index contributed by atoms with van der Waals surface area (Å²) in [5, 5.41) is 12.5. The average Bonchev–Trinajstić information content (AvgIpc) is 3.35. The highest BCUT2D eigenvalue weighted by Gasteiger charge is 2.71. The fraction of sp³-hybridized carbons (Fsp3) is 0.250. The zero-order valence-electron chi connectivity index (χ0n) is 20.7. The Morgan fingerprint density at radius 1 is 0.974 bits per heavy atom. The first-order chi connectivity index (χ1) is 18.6. The molecule has 2 bridgehead atoms. The first-order valence-corrected chi connectivity index (χ1v) is 12.6. The Morgan fingerprint density at radius 2 is 1.82 bits per heavy atom. The fourth-order valence-corrected chi connectivity index (χ4v) is 5.92. The maximum absolute atomic E-state index is 13.2. The maximum atomic E-state index is 13.2. The van der Waals surface area contributed by atoms with Gasteiger partial charge in [0.15, 0.2) is 5.82 Å². The lowest BCUT2D eigenvalue weighted by Crippen LogP contribution is -2.77. The van der Waals surface area contributed by atoms with E-state index in [0.717, 1.165) is 30.8 Å². The molecular weight excluding hydrogens is 480 g/mol. The molecule has 188 valence electrons. The van der Waals surface area contributed by atoms with Crippen molar-refractivity contribution in [2.24, 2.45) is 0 Å². The van der Waals surface area contributed by atoms with Crippen molar-refractivity contribution in [3.05, 3.63) is 84.8 Å². The molecule has 0 aliphatic heterocycles. The summed E-state index contributed by atoms with van der Waals surface area (Å²) in [6, 6.07) is 13.1. The van der Waals surface area contributed by atoms with Crippen LogP contribution in [0, 0.1) is 0 Å². The molecule has 0 saturated heterocycles. The monoisotopic (exact) mass is 504 g/mol. The van der Waals surface area contributed by atoms with E-state index in [1.54, 1.807) is 37.1 Å². The van der Waals surface area contributed by atoms with Crippen LogP contribution in [0.5, 0.6) is 5.75 Å². The normalized spacial score (nSPS) is 21.4. The summed E-state index contributed by atoms with van der Waals surface area (Å²) in [5.41, 5.74) is 3.06. The molecule has 38 heavy (non-hydrogen) atoms. The van der Waals surface area contributed by atoms with Crippen LogP contribution in [0.4, 0.5) is 0 Å². The Kier molecular flexibility index (Phi) is 4.97. The molecule has 3 saturated carbocycles. The number of carbonyl (C=O) groups excluding carboxylic acids is 1. The molecule has 1 amide bonds. The van der Waals surface area contributed by atoms with Gasteiger partial charge < -0.3 is 10.1 Å². The van der Waals surface area contributed by atoms with Gasteiger partial charge in [-0.2, -0.15) is 0 Å². The van der Waals surface area contributed by atoms with Gasteiger partial charge in [0, 0.05) is 35.7 Å². The van der Waals surface area contributed by atoms with Gasteiger partial charge >= 0.3 is 0 Å². The van der Waals surface area contributed by atoms with E-state index in [1.165, 1.54) is 0 Å². The molecule has 8 rings (SSSR count). The van der Waals surface area contributed by atoms with Gasteiger partial charge in [-0.05, 0) is 68.7 Å². The van der Waals surface area contributed by atoms with Gasteiger partial charge in [0.05, 0.1) is 29.6 Å². The maximum Gasteiger partial charge on any atom is 0.254 e. The molecule has 3 aliphatic carbocycles. The Morgan fingerprint density at radius 3 is 2.58 bits per heavy atom. The summed E-state index contributed by atoms with van der Waals surface area (Å²) in [7, 11) is 0. The molecule has 5 aromatic heterocycles. The minimum Gasteiger partial charge on any atom is -0.492 e. The summed E-state index contributed by atoms with van der Waals surface area (Å²) in [5.74, 6) is 2.12. The second kappa shape index (κ2) is 8.41. The summed E-state index contributed by atoms with van der Waals surface area (Å²) >= 11 is 0.